The van der Waals surface area contributed by atoms with Crippen LogP contribution in [0.25, 0.3) is 0 Å². The third-order valence-electron chi connectivity index (χ3n) is 10.8. The Kier molecular flexibility index (Phi) is 13.7. The number of carboxylic acid groups (broad SMARTS) is 1. The van der Waals surface area contributed by atoms with Crippen molar-refractivity contribution in [2.24, 2.45) is 17.6 Å². The molecule has 4 fully saturated rings. The molecule has 0 radical (unpaired) electrons. The lowest BCUT2D eigenvalue weighted by atomic mass is 9.81. The van der Waals surface area contributed by atoms with Gasteiger partial charge in [0.05, 0.1) is 36.6 Å². The Balaban J connectivity index is 1.44. The fourth-order valence-corrected chi connectivity index (χ4v) is 7.29. The van der Waals surface area contributed by atoms with Crippen molar-refractivity contribution in [2.45, 2.75) is 151 Å². The first kappa shape index (κ1) is 42.3. The molecule has 54 heavy (non-hydrogen) atoms. The van der Waals surface area contributed by atoms with Crippen LogP contribution in [-0.2, 0) is 38.0 Å². The van der Waals surface area contributed by atoms with Crippen molar-refractivity contribution in [3.8, 4) is 0 Å². The van der Waals surface area contributed by atoms with Gasteiger partial charge in [0.15, 0.2) is 18.2 Å². The first-order valence-corrected chi connectivity index (χ1v) is 18.4. The lowest BCUT2D eigenvalue weighted by Crippen LogP contribution is -2.65. The molecular formula is C38H55NO15. The maximum atomic E-state index is 13.1. The molecule has 0 aliphatic carbocycles. The Morgan fingerprint density at radius 1 is 0.963 bits per heavy atom. The predicted octanol–water partition coefficient (Wildman–Crippen LogP) is -0.116. The number of hydrogen-bond acceptors (Lipinski definition) is 15. The van der Waals surface area contributed by atoms with E-state index < -0.39 is 122 Å². The standard InChI is InChI=1S/C38H55NO15/c1-6-18(3)30-19(4)12-9-11-17(2)10-7-8-13-22(50-37-29(43)28(42)26(39)20(5)49-37)15-23-25(35(45)46)27(41)34(44)38(48,54-23)16-21(40)14-24-31(51-24)32-33(52-32)36(47)53-30/h6-13,19-34,37,40-44,48H,14-16,39H2,1-5H3,(H,45,46)/b10-7+,12-9+,13-8+,17-11+,18-6+/t19-,20-,21-,22+,23-,24+,25-,26-,27+,28+,29+,30+,31-,32+,33-,34-,37-,38?/m0/s1. The third-order valence-corrected chi connectivity index (χ3v) is 10.8. The molecule has 4 saturated heterocycles. The second-order valence-electron chi connectivity index (χ2n) is 15.0. The number of rotatable bonds is 4. The van der Waals surface area contributed by atoms with E-state index in [-0.39, 0.29) is 18.8 Å². The molecule has 0 saturated carbocycles. The quantitative estimate of drug-likeness (QED) is 0.105. The van der Waals surface area contributed by atoms with Gasteiger partial charge in [0.2, 0.25) is 0 Å². The van der Waals surface area contributed by atoms with E-state index >= 15 is 0 Å². The second-order valence-corrected chi connectivity index (χ2v) is 15.0. The molecule has 9 N–H and O–H groups in total. The molecule has 16 nitrogen and oxygen atoms in total. The molecule has 0 aromatic carbocycles. The summed E-state index contributed by atoms with van der Waals surface area (Å²) in [6.45, 7) is 9.11. The number of ether oxygens (including phenoxy) is 6. The van der Waals surface area contributed by atoms with Gasteiger partial charge in [0, 0.05) is 25.2 Å². The average Bonchev–Trinajstić information content (AvgIpc) is 4.04. The highest BCUT2D eigenvalue weighted by Crippen LogP contribution is 2.43. The number of carbonyl (C=O) groups excluding carboxylic acids is 1. The number of carbonyl (C=O) groups is 2. The van der Waals surface area contributed by atoms with E-state index in [0.29, 0.717) is 0 Å². The van der Waals surface area contributed by atoms with Crippen LogP contribution < -0.4 is 5.73 Å². The largest absolute Gasteiger partial charge is 0.481 e. The molecule has 5 heterocycles. The van der Waals surface area contributed by atoms with E-state index in [9.17, 15) is 45.3 Å². The lowest BCUT2D eigenvalue weighted by Gasteiger charge is -2.47. The number of fused-ring (bicyclic) bond motifs is 5. The van der Waals surface area contributed by atoms with Crippen molar-refractivity contribution >= 4 is 11.9 Å². The summed E-state index contributed by atoms with van der Waals surface area (Å²) in [7, 11) is 0. The maximum absolute atomic E-state index is 13.1. The summed E-state index contributed by atoms with van der Waals surface area (Å²) in [6, 6.07) is -0.912. The minimum absolute atomic E-state index is 0.0662. The summed E-state index contributed by atoms with van der Waals surface area (Å²) in [6.07, 6.45) is -3.39. The molecule has 18 atom stereocenters. The van der Waals surface area contributed by atoms with Gasteiger partial charge in [-0.15, -0.1) is 0 Å². The Morgan fingerprint density at radius 2 is 1.69 bits per heavy atom. The van der Waals surface area contributed by atoms with E-state index in [1.807, 2.05) is 52.0 Å². The van der Waals surface area contributed by atoms with Gasteiger partial charge in [-0.1, -0.05) is 61.1 Å². The van der Waals surface area contributed by atoms with Crippen molar-refractivity contribution in [3.63, 3.8) is 0 Å². The Hall–Kier alpha value is -2.84. The average molecular weight is 766 g/mol. The van der Waals surface area contributed by atoms with Gasteiger partial charge in [-0.2, -0.15) is 0 Å². The highest BCUT2D eigenvalue weighted by molar-refractivity contribution is 5.78. The van der Waals surface area contributed by atoms with E-state index in [1.165, 1.54) is 6.08 Å². The van der Waals surface area contributed by atoms with E-state index in [0.717, 1.165) is 11.1 Å². The summed E-state index contributed by atoms with van der Waals surface area (Å²) >= 11 is 0. The first-order chi connectivity index (χ1) is 25.4. The van der Waals surface area contributed by atoms with Crippen LogP contribution in [0.15, 0.2) is 59.8 Å². The topological polar surface area (TPSA) is 264 Å². The van der Waals surface area contributed by atoms with Crippen LogP contribution in [-0.4, -0.2) is 145 Å². The van der Waals surface area contributed by atoms with Crippen molar-refractivity contribution in [1.29, 1.82) is 0 Å². The van der Waals surface area contributed by atoms with Crippen LogP contribution in [0, 0.1) is 11.8 Å². The van der Waals surface area contributed by atoms with E-state index in [4.69, 9.17) is 34.2 Å². The van der Waals surface area contributed by atoms with Crippen LogP contribution in [0.2, 0.25) is 0 Å². The highest BCUT2D eigenvalue weighted by Gasteiger charge is 2.62. The van der Waals surface area contributed by atoms with Crippen LogP contribution >= 0.6 is 0 Å². The molecule has 1 unspecified atom stereocenters. The molecular weight excluding hydrogens is 710 g/mol. The predicted molar refractivity (Wildman–Crippen MR) is 189 cm³/mol. The zero-order valence-electron chi connectivity index (χ0n) is 31.0. The number of aliphatic hydroxyl groups excluding tert-OH is 5. The van der Waals surface area contributed by atoms with Crippen LogP contribution in [0.4, 0.5) is 0 Å². The molecule has 5 aliphatic heterocycles. The third kappa shape index (κ3) is 9.75. The number of nitrogens with two attached hydrogens (primary N) is 1. The SMILES string of the molecule is C/C=C(\C)[C@H]1OC(=O)[C@H]2O[C@@H]2[C@H]2O[C@@H]2C[C@H](O)CC2(O)O[C@@H](C[C@H](O[C@@H]3O[C@@H](C)[C@H](N)[C@@H](O)[C@H]3O)/C=C/C=C/C(C)=C/C=C/[C@@H]1C)[C@H](C(=O)O)[C@@H](O)[C@@H]2O. The Bertz CT molecular complexity index is 1500. The summed E-state index contributed by atoms with van der Waals surface area (Å²) in [5.74, 6) is -6.64. The number of esters is 1. The molecule has 0 spiro atoms. The van der Waals surface area contributed by atoms with Gasteiger partial charge in [-0.25, -0.2) is 4.79 Å². The van der Waals surface area contributed by atoms with Crippen LogP contribution in [0.5, 0.6) is 0 Å². The molecule has 0 aromatic rings. The fraction of sp³-hybridized carbons (Fsp3) is 0.684. The molecule has 0 amide bonds. The van der Waals surface area contributed by atoms with Gasteiger partial charge >= 0.3 is 11.9 Å². The number of aliphatic hydroxyl groups is 6. The summed E-state index contributed by atoms with van der Waals surface area (Å²) in [5.41, 5.74) is 7.63. The van der Waals surface area contributed by atoms with Gasteiger partial charge in [-0.3, -0.25) is 4.79 Å². The second kappa shape index (κ2) is 17.5. The van der Waals surface area contributed by atoms with Crippen LogP contribution in [0.3, 0.4) is 0 Å². The summed E-state index contributed by atoms with van der Waals surface area (Å²) in [4.78, 5) is 25.5. The summed E-state index contributed by atoms with van der Waals surface area (Å²) in [5, 5.41) is 75.9. The zero-order valence-corrected chi connectivity index (χ0v) is 31.0. The van der Waals surface area contributed by atoms with Crippen LogP contribution in [0.1, 0.15) is 53.9 Å². The Labute approximate surface area is 314 Å². The smallest absolute Gasteiger partial charge is 0.338 e. The minimum Gasteiger partial charge on any atom is -0.481 e. The zero-order chi connectivity index (χ0) is 39.6. The van der Waals surface area contributed by atoms with Gasteiger partial charge < -0.3 is 69.9 Å². The van der Waals surface area contributed by atoms with Gasteiger partial charge in [-0.05, 0) is 33.3 Å². The number of cyclic esters (lactones) is 1. The first-order valence-electron chi connectivity index (χ1n) is 18.4. The lowest BCUT2D eigenvalue weighted by molar-refractivity contribution is -0.347. The van der Waals surface area contributed by atoms with Gasteiger partial charge in [0.1, 0.15) is 48.6 Å². The number of aliphatic carboxylic acids is 1. The monoisotopic (exact) mass is 765 g/mol. The molecule has 302 valence electrons. The summed E-state index contributed by atoms with van der Waals surface area (Å²) < 4.78 is 34.8. The van der Waals surface area contributed by atoms with Gasteiger partial charge in [0.25, 0.3) is 0 Å². The number of epoxide rings is 2. The van der Waals surface area contributed by atoms with Crippen molar-refractivity contribution < 1.29 is 73.8 Å². The minimum atomic E-state index is -2.62. The number of carboxylic acids is 1. The molecule has 2 bridgehead atoms. The number of allylic oxidation sites excluding steroid dienone is 7. The van der Waals surface area contributed by atoms with E-state index in [1.54, 1.807) is 25.2 Å². The normalized spacial score (nSPS) is 49.4. The molecule has 0 aromatic heterocycles. The number of hydrogen-bond donors (Lipinski definition) is 8. The fourth-order valence-electron chi connectivity index (χ4n) is 7.29. The van der Waals surface area contributed by atoms with Crippen molar-refractivity contribution in [1.82, 2.24) is 0 Å². The maximum Gasteiger partial charge on any atom is 0.338 e. The molecule has 5 rings (SSSR count). The highest BCUT2D eigenvalue weighted by atomic mass is 16.7. The van der Waals surface area contributed by atoms with Crippen molar-refractivity contribution in [3.05, 3.63) is 59.8 Å². The Morgan fingerprint density at radius 3 is 2.37 bits per heavy atom. The molecule has 5 aliphatic rings. The molecule has 16 heteroatoms. The van der Waals surface area contributed by atoms with Crippen molar-refractivity contribution in [2.75, 3.05) is 0 Å². The van der Waals surface area contributed by atoms with E-state index in [2.05, 4.69) is 0 Å².